The van der Waals surface area contributed by atoms with Crippen LogP contribution >= 0.6 is 0 Å². The summed E-state index contributed by atoms with van der Waals surface area (Å²) in [6, 6.07) is 0. The van der Waals surface area contributed by atoms with Crippen molar-refractivity contribution in [1.82, 2.24) is 0 Å². The highest BCUT2D eigenvalue weighted by molar-refractivity contribution is 5.80. The fourth-order valence-electron chi connectivity index (χ4n) is 2.13. The minimum absolute atomic E-state index is 1.36. The van der Waals surface area contributed by atoms with E-state index < -0.39 is 0 Å². The first kappa shape index (κ1) is 6.38. The maximum atomic E-state index is 2.62. The molecular weight excluding hydrogens is 122 g/mol. The van der Waals surface area contributed by atoms with Crippen molar-refractivity contribution in [2.45, 2.75) is 38.5 Å². The number of hydrogen-bond acceptors (Lipinski definition) is 0. The predicted molar refractivity (Wildman–Crippen MR) is 42.7 cm³/mol. The zero-order chi connectivity index (χ0) is 6.81. The van der Waals surface area contributed by atoms with Gasteiger partial charge in [-0.1, -0.05) is 0 Å². The van der Waals surface area contributed by atoms with Gasteiger partial charge in [-0.15, -0.1) is 0 Å². The first-order chi connectivity index (χ1) is 4.97. The van der Waals surface area contributed by atoms with Crippen LogP contribution in [0.1, 0.15) is 38.5 Å². The zero-order valence-electron chi connectivity index (χ0n) is 6.60. The molecule has 0 aromatic rings. The average Bonchev–Trinajstić information content (AvgIpc) is 2.05. The molecule has 0 spiro atoms. The van der Waals surface area contributed by atoms with E-state index in [1.807, 2.05) is 0 Å². The summed E-state index contributed by atoms with van der Waals surface area (Å²) in [5.74, 6) is 0. The van der Waals surface area contributed by atoms with Crippen LogP contribution in [0.5, 0.6) is 0 Å². The minimum Gasteiger partial charge on any atom is -0.237 e. The van der Waals surface area contributed by atoms with Crippen LogP contribution in [0.3, 0.4) is 0 Å². The van der Waals surface area contributed by atoms with Gasteiger partial charge in [-0.05, 0) is 12.8 Å². The van der Waals surface area contributed by atoms with Crippen molar-refractivity contribution in [3.8, 4) is 0 Å². The Kier molecular flexibility index (Phi) is 1.74. The van der Waals surface area contributed by atoms with Gasteiger partial charge in [0.2, 0.25) is 0 Å². The second-order valence-electron chi connectivity index (χ2n) is 3.47. The molecule has 0 aromatic carbocycles. The van der Waals surface area contributed by atoms with E-state index in [4.69, 9.17) is 0 Å². The van der Waals surface area contributed by atoms with Gasteiger partial charge in [0.15, 0.2) is 5.71 Å². The Morgan fingerprint density at radius 3 is 1.90 bits per heavy atom. The van der Waals surface area contributed by atoms with Gasteiger partial charge in [0.05, 0.1) is 0 Å². The summed E-state index contributed by atoms with van der Waals surface area (Å²) >= 11 is 0. The van der Waals surface area contributed by atoms with Crippen LogP contribution in [0.2, 0.25) is 0 Å². The molecule has 0 amide bonds. The molecule has 10 heavy (non-hydrogen) atoms. The molecule has 0 bridgehead atoms. The van der Waals surface area contributed by atoms with Gasteiger partial charge in [0, 0.05) is 25.7 Å². The van der Waals surface area contributed by atoms with E-state index >= 15 is 0 Å². The SMILES string of the molecule is C1CC[N+]2=C(C1)CCCC2. The molecule has 0 aliphatic carbocycles. The van der Waals surface area contributed by atoms with E-state index in [2.05, 4.69) is 4.58 Å². The Hall–Kier alpha value is -0.330. The first-order valence-electron chi connectivity index (χ1n) is 4.56. The molecular formula is C9H16N+. The van der Waals surface area contributed by atoms with E-state index in [0.29, 0.717) is 0 Å². The molecule has 0 N–H and O–H groups in total. The standard InChI is InChI=1S/C9H16N/c1-3-7-10-8-4-2-6-9(10)5-1/h1-8H2/q+1. The van der Waals surface area contributed by atoms with Crippen molar-refractivity contribution in [2.75, 3.05) is 13.1 Å². The van der Waals surface area contributed by atoms with Crippen LogP contribution in [0, 0.1) is 0 Å². The Labute approximate surface area is 62.8 Å². The van der Waals surface area contributed by atoms with Crippen LogP contribution in [-0.2, 0) is 0 Å². The van der Waals surface area contributed by atoms with Crippen molar-refractivity contribution < 1.29 is 4.58 Å². The normalized spacial score (nSPS) is 26.4. The van der Waals surface area contributed by atoms with E-state index in [0.717, 1.165) is 0 Å². The molecule has 2 aliphatic heterocycles. The lowest BCUT2D eigenvalue weighted by molar-refractivity contribution is -0.538. The Morgan fingerprint density at radius 2 is 1.40 bits per heavy atom. The second kappa shape index (κ2) is 2.73. The molecule has 2 heterocycles. The molecule has 0 unspecified atom stereocenters. The quantitative estimate of drug-likeness (QED) is 0.449. The summed E-state index contributed by atoms with van der Waals surface area (Å²) < 4.78 is 2.62. The average molecular weight is 138 g/mol. The lowest BCUT2D eigenvalue weighted by Gasteiger charge is -2.18. The van der Waals surface area contributed by atoms with E-state index in [9.17, 15) is 0 Å². The summed E-state index contributed by atoms with van der Waals surface area (Å²) in [6.45, 7) is 2.71. The molecule has 0 saturated carbocycles. The Morgan fingerprint density at radius 1 is 0.800 bits per heavy atom. The van der Waals surface area contributed by atoms with Crippen molar-refractivity contribution in [3.63, 3.8) is 0 Å². The number of nitrogens with zero attached hydrogens (tertiary/aromatic N) is 1. The van der Waals surface area contributed by atoms with E-state index in [1.165, 1.54) is 51.6 Å². The van der Waals surface area contributed by atoms with Gasteiger partial charge in [-0.3, -0.25) is 0 Å². The van der Waals surface area contributed by atoms with Gasteiger partial charge in [0.25, 0.3) is 0 Å². The molecule has 56 valence electrons. The lowest BCUT2D eigenvalue weighted by atomic mass is 9.99. The Balaban J connectivity index is 2.14. The fraction of sp³-hybridized carbons (Fsp3) is 0.889. The molecule has 0 fully saturated rings. The summed E-state index contributed by atoms with van der Waals surface area (Å²) in [5, 5.41) is 0. The van der Waals surface area contributed by atoms with Gasteiger partial charge in [-0.25, -0.2) is 4.58 Å². The zero-order valence-corrected chi connectivity index (χ0v) is 6.60. The van der Waals surface area contributed by atoms with Crippen LogP contribution in [0.15, 0.2) is 0 Å². The third-order valence-corrected chi connectivity index (χ3v) is 2.73. The van der Waals surface area contributed by atoms with Gasteiger partial charge >= 0.3 is 0 Å². The monoisotopic (exact) mass is 138 g/mol. The molecule has 2 rings (SSSR count). The predicted octanol–water partition coefficient (Wildman–Crippen LogP) is 1.81. The molecule has 0 aromatic heterocycles. The number of rotatable bonds is 0. The third kappa shape index (κ3) is 1.09. The maximum Gasteiger partial charge on any atom is 0.152 e. The highest BCUT2D eigenvalue weighted by atomic mass is 15.0. The van der Waals surface area contributed by atoms with Crippen LogP contribution in [-0.4, -0.2) is 23.4 Å². The molecule has 0 atom stereocenters. The number of hydrogen-bond donors (Lipinski definition) is 0. The first-order valence-corrected chi connectivity index (χ1v) is 4.56. The summed E-state index contributed by atoms with van der Waals surface area (Å²) in [4.78, 5) is 0. The topological polar surface area (TPSA) is 3.01 Å². The van der Waals surface area contributed by atoms with Crippen molar-refractivity contribution in [2.24, 2.45) is 0 Å². The van der Waals surface area contributed by atoms with Crippen molar-refractivity contribution in [3.05, 3.63) is 0 Å². The van der Waals surface area contributed by atoms with Crippen LogP contribution in [0.25, 0.3) is 0 Å². The van der Waals surface area contributed by atoms with Gasteiger partial charge < -0.3 is 0 Å². The van der Waals surface area contributed by atoms with Crippen LogP contribution < -0.4 is 0 Å². The molecule has 1 nitrogen and oxygen atoms in total. The lowest BCUT2D eigenvalue weighted by Crippen LogP contribution is -2.30. The summed E-state index contributed by atoms with van der Waals surface area (Å²) in [6.07, 6.45) is 8.57. The molecule has 2 aliphatic rings. The third-order valence-electron chi connectivity index (χ3n) is 2.73. The molecule has 0 radical (unpaired) electrons. The van der Waals surface area contributed by atoms with Crippen molar-refractivity contribution in [1.29, 1.82) is 0 Å². The van der Waals surface area contributed by atoms with E-state index in [-0.39, 0.29) is 0 Å². The van der Waals surface area contributed by atoms with Crippen molar-refractivity contribution >= 4 is 5.71 Å². The van der Waals surface area contributed by atoms with Gasteiger partial charge in [-0.2, -0.15) is 0 Å². The van der Waals surface area contributed by atoms with Gasteiger partial charge in [0.1, 0.15) is 13.1 Å². The minimum atomic E-state index is 1.36. The second-order valence-corrected chi connectivity index (χ2v) is 3.47. The smallest absolute Gasteiger partial charge is 0.152 e. The molecule has 1 heteroatoms. The highest BCUT2D eigenvalue weighted by Gasteiger charge is 2.21. The molecule has 0 saturated heterocycles. The summed E-state index contributed by atoms with van der Waals surface area (Å²) in [7, 11) is 0. The maximum absolute atomic E-state index is 2.62. The Bertz CT molecular complexity index is 124. The van der Waals surface area contributed by atoms with E-state index in [1.54, 1.807) is 5.71 Å². The van der Waals surface area contributed by atoms with Crippen LogP contribution in [0.4, 0.5) is 0 Å². The fourth-order valence-corrected chi connectivity index (χ4v) is 2.13. The largest absolute Gasteiger partial charge is 0.237 e. The highest BCUT2D eigenvalue weighted by Crippen LogP contribution is 2.15. The summed E-state index contributed by atoms with van der Waals surface area (Å²) in [5.41, 5.74) is 1.76.